The molecule has 0 unspecified atom stereocenters. The van der Waals surface area contributed by atoms with Gasteiger partial charge in [0.25, 0.3) is 5.56 Å². The molecule has 1 fully saturated rings. The van der Waals surface area contributed by atoms with Crippen LogP contribution in [0.15, 0.2) is 29.2 Å². The number of aromatic amines is 1. The Morgan fingerprint density at radius 1 is 1.30 bits per heavy atom. The molecule has 1 saturated heterocycles. The Morgan fingerprint density at radius 3 is 2.73 bits per heavy atom. The first-order valence-electron chi connectivity index (χ1n) is 11.2. The summed E-state index contributed by atoms with van der Waals surface area (Å²) in [5.74, 6) is -0.628. The zero-order valence-corrected chi connectivity index (χ0v) is 18.1. The Balaban J connectivity index is 1.57. The van der Waals surface area contributed by atoms with E-state index in [0.717, 1.165) is 10.4 Å². The lowest BCUT2D eigenvalue weighted by atomic mass is 9.80. The van der Waals surface area contributed by atoms with Crippen LogP contribution in [-0.4, -0.2) is 32.1 Å². The van der Waals surface area contributed by atoms with Gasteiger partial charge < -0.3 is 15.0 Å². The Hall–Kier alpha value is -2.58. The summed E-state index contributed by atoms with van der Waals surface area (Å²) in [5.41, 5.74) is -0.267. The number of nitrogens with one attached hydrogen (secondary N) is 2. The standard InChI is InChI=1S/C22H26N4O3S/c1-12-24-16-8-13(6-7-15(16)19(28)25-12)17-11-23-20(30-17)26-18(27)14-9-21(2,3)29-22(4,5)10-14/h6-8,11,14H,9-10H2,1-5H3,(H,23,26,27)(H,24,25,28)/i1D3. The van der Waals surface area contributed by atoms with Crippen molar-refractivity contribution in [3.8, 4) is 10.4 Å². The van der Waals surface area contributed by atoms with E-state index in [1.807, 2.05) is 27.7 Å². The van der Waals surface area contributed by atoms with E-state index in [0.29, 0.717) is 23.4 Å². The number of aromatic nitrogens is 3. The number of hydrogen-bond acceptors (Lipinski definition) is 6. The third-order valence-electron chi connectivity index (χ3n) is 5.13. The zero-order valence-electron chi connectivity index (χ0n) is 20.3. The van der Waals surface area contributed by atoms with Gasteiger partial charge in [0.2, 0.25) is 5.91 Å². The summed E-state index contributed by atoms with van der Waals surface area (Å²) < 4.78 is 28.6. The lowest BCUT2D eigenvalue weighted by molar-refractivity contribution is -0.176. The Morgan fingerprint density at radius 2 is 2.03 bits per heavy atom. The number of thiazole rings is 1. The van der Waals surface area contributed by atoms with Crippen molar-refractivity contribution in [3.05, 3.63) is 40.6 Å². The molecule has 1 aliphatic rings. The van der Waals surface area contributed by atoms with Crippen molar-refractivity contribution in [2.24, 2.45) is 5.92 Å². The highest BCUT2D eigenvalue weighted by Gasteiger charge is 2.42. The molecule has 0 spiro atoms. The van der Waals surface area contributed by atoms with Gasteiger partial charge in [0.05, 0.1) is 27.0 Å². The Kier molecular flexibility index (Phi) is 4.16. The smallest absolute Gasteiger partial charge is 0.258 e. The average molecular weight is 430 g/mol. The molecular weight excluding hydrogens is 400 g/mol. The van der Waals surface area contributed by atoms with Crippen LogP contribution in [0.1, 0.15) is 50.5 Å². The third-order valence-corrected chi connectivity index (χ3v) is 6.09. The quantitative estimate of drug-likeness (QED) is 0.648. The van der Waals surface area contributed by atoms with E-state index < -0.39 is 12.4 Å². The molecule has 2 aromatic heterocycles. The summed E-state index contributed by atoms with van der Waals surface area (Å²) in [5, 5.41) is 3.69. The number of carbonyl (C=O) groups excluding carboxylic acids is 1. The second-order valence-electron chi connectivity index (χ2n) is 8.89. The minimum atomic E-state index is -2.52. The normalized spacial score (nSPS) is 20.3. The lowest BCUT2D eigenvalue weighted by Crippen LogP contribution is -2.48. The van der Waals surface area contributed by atoms with Crippen molar-refractivity contribution >= 4 is 33.3 Å². The first kappa shape index (κ1) is 17.1. The van der Waals surface area contributed by atoms with E-state index in [1.54, 1.807) is 24.4 Å². The van der Waals surface area contributed by atoms with Crippen LogP contribution in [0.3, 0.4) is 0 Å². The van der Waals surface area contributed by atoms with Gasteiger partial charge in [0, 0.05) is 16.2 Å². The van der Waals surface area contributed by atoms with Crippen molar-refractivity contribution in [1.29, 1.82) is 0 Å². The van der Waals surface area contributed by atoms with Gasteiger partial charge in [-0.2, -0.15) is 0 Å². The second-order valence-corrected chi connectivity index (χ2v) is 9.92. The minimum Gasteiger partial charge on any atom is -0.370 e. The molecule has 1 aromatic carbocycles. The van der Waals surface area contributed by atoms with Crippen LogP contribution in [0.25, 0.3) is 21.3 Å². The topological polar surface area (TPSA) is 97.0 Å². The minimum absolute atomic E-state index is 0.0885. The number of nitrogens with zero attached hydrogens (tertiary/aromatic N) is 2. The van der Waals surface area contributed by atoms with E-state index in [9.17, 15) is 9.59 Å². The molecule has 8 heteroatoms. The van der Waals surface area contributed by atoms with Crippen LogP contribution in [0, 0.1) is 12.8 Å². The summed E-state index contributed by atoms with van der Waals surface area (Å²) in [6.07, 6.45) is 2.88. The fraction of sp³-hybridized carbons (Fsp3) is 0.455. The van der Waals surface area contributed by atoms with E-state index in [-0.39, 0.29) is 34.4 Å². The molecule has 0 bridgehead atoms. The predicted molar refractivity (Wildman–Crippen MR) is 119 cm³/mol. The number of aryl methyl sites for hydroxylation is 1. The molecule has 30 heavy (non-hydrogen) atoms. The average Bonchev–Trinajstić information content (AvgIpc) is 3.13. The van der Waals surface area contributed by atoms with Gasteiger partial charge in [-0.25, -0.2) is 9.97 Å². The first-order chi connectivity index (χ1) is 15.2. The fourth-order valence-corrected chi connectivity index (χ4v) is 5.06. The summed E-state index contributed by atoms with van der Waals surface area (Å²) in [6, 6.07) is 5.00. The number of fused-ring (bicyclic) bond motifs is 1. The van der Waals surface area contributed by atoms with Crippen molar-refractivity contribution in [2.45, 2.75) is 58.6 Å². The highest BCUT2D eigenvalue weighted by Crippen LogP contribution is 2.39. The summed E-state index contributed by atoms with van der Waals surface area (Å²) in [6.45, 7) is 5.45. The number of anilines is 1. The van der Waals surface area contributed by atoms with E-state index >= 15 is 0 Å². The summed E-state index contributed by atoms with van der Waals surface area (Å²) in [7, 11) is 0. The number of benzene rings is 1. The van der Waals surface area contributed by atoms with Crippen molar-refractivity contribution < 1.29 is 13.6 Å². The maximum Gasteiger partial charge on any atom is 0.258 e. The van der Waals surface area contributed by atoms with Gasteiger partial charge in [0.1, 0.15) is 5.82 Å². The van der Waals surface area contributed by atoms with Crippen LogP contribution in [0.4, 0.5) is 5.13 Å². The summed E-state index contributed by atoms with van der Waals surface area (Å²) in [4.78, 5) is 36.7. The van der Waals surface area contributed by atoms with Crippen LogP contribution < -0.4 is 10.9 Å². The Bertz CT molecular complexity index is 1260. The van der Waals surface area contributed by atoms with Crippen LogP contribution in [0.5, 0.6) is 0 Å². The van der Waals surface area contributed by atoms with E-state index in [4.69, 9.17) is 8.85 Å². The van der Waals surface area contributed by atoms with Gasteiger partial charge >= 0.3 is 0 Å². The highest BCUT2D eigenvalue weighted by molar-refractivity contribution is 7.19. The maximum absolute atomic E-state index is 12.9. The fourth-order valence-electron chi connectivity index (χ4n) is 4.24. The number of ether oxygens (including phenoxy) is 1. The summed E-state index contributed by atoms with van der Waals surface area (Å²) >= 11 is 1.30. The number of hydrogen-bond donors (Lipinski definition) is 2. The molecule has 0 saturated carbocycles. The highest BCUT2D eigenvalue weighted by atomic mass is 32.1. The number of carbonyl (C=O) groups is 1. The van der Waals surface area contributed by atoms with E-state index in [1.165, 1.54) is 11.3 Å². The molecule has 0 atom stereocenters. The first-order valence-corrected chi connectivity index (χ1v) is 10.6. The largest absolute Gasteiger partial charge is 0.370 e. The number of H-pyrrole nitrogens is 1. The van der Waals surface area contributed by atoms with Gasteiger partial charge in [-0.1, -0.05) is 17.4 Å². The van der Waals surface area contributed by atoms with Crippen LogP contribution in [0.2, 0.25) is 0 Å². The second kappa shape index (κ2) is 7.28. The maximum atomic E-state index is 12.9. The van der Waals surface area contributed by atoms with Gasteiger partial charge in [-0.05, 0) is 65.1 Å². The molecule has 1 amide bonds. The number of rotatable bonds is 3. The van der Waals surface area contributed by atoms with Crippen molar-refractivity contribution in [1.82, 2.24) is 15.0 Å². The molecule has 7 nitrogen and oxygen atoms in total. The zero-order chi connectivity index (χ0) is 24.2. The van der Waals surface area contributed by atoms with Gasteiger partial charge in [-0.15, -0.1) is 0 Å². The molecule has 4 rings (SSSR count). The van der Waals surface area contributed by atoms with Crippen molar-refractivity contribution in [3.63, 3.8) is 0 Å². The SMILES string of the molecule is [2H]C([2H])([2H])c1nc2cc(-c3cnc(NC(=O)C4CC(C)(C)OC(C)(C)C4)s3)ccc2c(=O)[nH]1. The Labute approximate surface area is 183 Å². The molecule has 3 heterocycles. The molecule has 2 N–H and O–H groups in total. The van der Waals surface area contributed by atoms with Gasteiger partial charge in [-0.3, -0.25) is 9.59 Å². The molecule has 1 aliphatic heterocycles. The third kappa shape index (κ3) is 4.29. The molecular formula is C22H26N4O3S. The molecule has 0 aliphatic carbocycles. The molecule has 0 radical (unpaired) electrons. The molecule has 3 aromatic rings. The predicted octanol–water partition coefficient (Wildman–Crippen LogP) is 4.28. The monoisotopic (exact) mass is 429 g/mol. The van der Waals surface area contributed by atoms with Crippen LogP contribution in [-0.2, 0) is 9.53 Å². The molecule has 158 valence electrons. The van der Waals surface area contributed by atoms with Crippen LogP contribution >= 0.6 is 11.3 Å². The number of amides is 1. The van der Waals surface area contributed by atoms with Gasteiger partial charge in [0.15, 0.2) is 5.13 Å². The lowest BCUT2D eigenvalue weighted by Gasteiger charge is -2.44. The van der Waals surface area contributed by atoms with E-state index in [2.05, 4.69) is 20.3 Å². The van der Waals surface area contributed by atoms with Crippen molar-refractivity contribution in [2.75, 3.05) is 5.32 Å².